The zero-order valence-electron chi connectivity index (χ0n) is 9.72. The molecule has 0 aliphatic heterocycles. The average Bonchev–Trinajstić information content (AvgIpc) is 2.41. The summed E-state index contributed by atoms with van der Waals surface area (Å²) in [6.45, 7) is -0.0912. The molecule has 0 fully saturated rings. The van der Waals surface area contributed by atoms with Crippen molar-refractivity contribution in [3.05, 3.63) is 55.5 Å². The number of hydrogen-bond acceptors (Lipinski definition) is 5. The Morgan fingerprint density at radius 2 is 2.15 bits per heavy atom. The molecule has 0 aliphatic rings. The lowest BCUT2D eigenvalue weighted by Gasteiger charge is -2.07. The second kappa shape index (κ2) is 6.10. The second-order valence-corrected chi connectivity index (χ2v) is 4.87. The van der Waals surface area contributed by atoms with Crippen LogP contribution in [0, 0.1) is 15.9 Å². The van der Waals surface area contributed by atoms with Gasteiger partial charge in [-0.1, -0.05) is 11.6 Å². The quantitative estimate of drug-likeness (QED) is 0.614. The van der Waals surface area contributed by atoms with Crippen LogP contribution in [-0.2, 0) is 6.61 Å². The van der Waals surface area contributed by atoms with Gasteiger partial charge in [0.2, 0.25) is 5.75 Å². The van der Waals surface area contributed by atoms with E-state index in [0.717, 1.165) is 12.1 Å². The van der Waals surface area contributed by atoms with Crippen molar-refractivity contribution in [3.8, 4) is 5.75 Å². The molecular weight excluding hydrogens is 356 g/mol. The van der Waals surface area contributed by atoms with E-state index in [1.54, 1.807) is 6.07 Å². The summed E-state index contributed by atoms with van der Waals surface area (Å²) in [4.78, 5) is 10.2. The van der Waals surface area contributed by atoms with Crippen molar-refractivity contribution < 1.29 is 14.1 Å². The highest BCUT2D eigenvalue weighted by atomic mass is 79.9. The van der Waals surface area contributed by atoms with Crippen LogP contribution in [0.5, 0.6) is 5.75 Å². The van der Waals surface area contributed by atoms with Gasteiger partial charge in [-0.3, -0.25) is 10.1 Å². The summed E-state index contributed by atoms with van der Waals surface area (Å²) in [5.74, 6) is -0.847. The third kappa shape index (κ3) is 3.40. The van der Waals surface area contributed by atoms with E-state index in [1.165, 1.54) is 6.07 Å². The van der Waals surface area contributed by atoms with Gasteiger partial charge in [0.25, 0.3) is 0 Å². The van der Waals surface area contributed by atoms with Gasteiger partial charge in [-0.05, 0) is 28.1 Å². The number of ether oxygens (including phenoxy) is 1. The third-order valence-corrected chi connectivity index (χ3v) is 3.07. The van der Waals surface area contributed by atoms with E-state index in [2.05, 4.69) is 26.1 Å². The molecule has 0 spiro atoms. The van der Waals surface area contributed by atoms with Gasteiger partial charge in [-0.2, -0.15) is 5.10 Å². The van der Waals surface area contributed by atoms with Crippen molar-refractivity contribution in [1.29, 1.82) is 0 Å². The summed E-state index contributed by atoms with van der Waals surface area (Å²) in [6, 6.07) is 5.03. The van der Waals surface area contributed by atoms with E-state index in [4.69, 9.17) is 16.3 Å². The molecule has 0 atom stereocenters. The van der Waals surface area contributed by atoms with Crippen LogP contribution in [0.2, 0.25) is 5.15 Å². The van der Waals surface area contributed by atoms with Gasteiger partial charge in [0.05, 0.1) is 9.40 Å². The minimum absolute atomic E-state index is 0.0113. The molecule has 104 valence electrons. The molecule has 0 aliphatic carbocycles. The van der Waals surface area contributed by atoms with E-state index < -0.39 is 10.7 Å². The van der Waals surface area contributed by atoms with Gasteiger partial charge >= 0.3 is 5.69 Å². The van der Waals surface area contributed by atoms with Crippen LogP contribution >= 0.6 is 27.5 Å². The molecule has 0 amide bonds. The smallest absolute Gasteiger partial charge is 0.312 e. The molecule has 1 heterocycles. The minimum atomic E-state index is -0.660. The molecule has 1 aromatic heterocycles. The Hall–Kier alpha value is -1.80. The number of nitrogens with zero attached hydrogens (tertiary/aromatic N) is 3. The Balaban J connectivity index is 2.22. The molecule has 2 rings (SSSR count). The van der Waals surface area contributed by atoms with Crippen molar-refractivity contribution in [3.63, 3.8) is 0 Å². The van der Waals surface area contributed by atoms with Gasteiger partial charge in [-0.25, -0.2) is 4.39 Å². The molecule has 0 bridgehead atoms. The van der Waals surface area contributed by atoms with Crippen LogP contribution < -0.4 is 4.74 Å². The summed E-state index contributed by atoms with van der Waals surface area (Å²) in [6.07, 6.45) is 0. The first-order valence-corrected chi connectivity index (χ1v) is 6.39. The number of halogens is 3. The average molecular weight is 363 g/mol. The van der Waals surface area contributed by atoms with E-state index in [-0.39, 0.29) is 27.7 Å². The topological polar surface area (TPSA) is 78.2 Å². The Morgan fingerprint density at radius 1 is 1.40 bits per heavy atom. The molecular formula is C11H6BrClFN3O3. The van der Waals surface area contributed by atoms with Crippen LogP contribution in [0.15, 0.2) is 28.7 Å². The summed E-state index contributed by atoms with van der Waals surface area (Å²) in [5.41, 5.74) is 0.0622. The Morgan fingerprint density at radius 3 is 2.75 bits per heavy atom. The predicted molar refractivity (Wildman–Crippen MR) is 72.1 cm³/mol. The number of aromatic nitrogens is 2. The normalized spacial score (nSPS) is 10.3. The number of hydrogen-bond donors (Lipinski definition) is 0. The largest absolute Gasteiger partial charge is 0.480 e. The number of nitro groups is 1. The SMILES string of the molecule is O=[N+]([O-])c1cc(Br)c(F)cc1OCc1ccc(Cl)nn1. The monoisotopic (exact) mass is 361 g/mol. The van der Waals surface area contributed by atoms with Crippen molar-refractivity contribution in [2.75, 3.05) is 0 Å². The molecule has 0 N–H and O–H groups in total. The van der Waals surface area contributed by atoms with Crippen LogP contribution in [0.4, 0.5) is 10.1 Å². The summed E-state index contributed by atoms with van der Waals surface area (Å²) >= 11 is 8.46. The fraction of sp³-hybridized carbons (Fsp3) is 0.0909. The number of nitro benzene ring substituents is 1. The van der Waals surface area contributed by atoms with Crippen molar-refractivity contribution in [2.45, 2.75) is 6.61 Å². The predicted octanol–water partition coefficient (Wildman–Crippen LogP) is 3.52. The van der Waals surface area contributed by atoms with Gasteiger partial charge in [0.1, 0.15) is 18.1 Å². The van der Waals surface area contributed by atoms with E-state index in [9.17, 15) is 14.5 Å². The van der Waals surface area contributed by atoms with Crippen molar-refractivity contribution in [2.24, 2.45) is 0 Å². The van der Waals surface area contributed by atoms with E-state index in [0.29, 0.717) is 5.69 Å². The maximum atomic E-state index is 13.4. The molecule has 20 heavy (non-hydrogen) atoms. The molecule has 0 unspecified atom stereocenters. The lowest BCUT2D eigenvalue weighted by molar-refractivity contribution is -0.386. The Kier molecular flexibility index (Phi) is 4.46. The van der Waals surface area contributed by atoms with Gasteiger partial charge in [0, 0.05) is 12.1 Å². The maximum Gasteiger partial charge on any atom is 0.312 e. The molecule has 2 aromatic rings. The van der Waals surface area contributed by atoms with Crippen molar-refractivity contribution >= 4 is 33.2 Å². The van der Waals surface area contributed by atoms with Crippen LogP contribution in [-0.4, -0.2) is 15.1 Å². The Labute approximate surface area is 125 Å². The van der Waals surface area contributed by atoms with E-state index in [1.807, 2.05) is 0 Å². The third-order valence-electron chi connectivity index (χ3n) is 2.26. The van der Waals surface area contributed by atoms with Gasteiger partial charge < -0.3 is 4.74 Å². The lowest BCUT2D eigenvalue weighted by Crippen LogP contribution is -2.02. The maximum absolute atomic E-state index is 13.4. The molecule has 1 aromatic carbocycles. The highest BCUT2D eigenvalue weighted by Gasteiger charge is 2.19. The van der Waals surface area contributed by atoms with Crippen LogP contribution in [0.3, 0.4) is 0 Å². The summed E-state index contributed by atoms with van der Waals surface area (Å²) in [7, 11) is 0. The summed E-state index contributed by atoms with van der Waals surface area (Å²) in [5, 5.41) is 18.4. The first kappa shape index (κ1) is 14.6. The zero-order valence-corrected chi connectivity index (χ0v) is 12.1. The molecule has 6 nitrogen and oxygen atoms in total. The van der Waals surface area contributed by atoms with Gasteiger partial charge in [-0.15, -0.1) is 5.10 Å². The van der Waals surface area contributed by atoms with E-state index >= 15 is 0 Å². The standard InChI is InChI=1S/C11H6BrClFN3O3/c12-7-3-9(17(18)19)10(4-8(7)14)20-5-6-1-2-11(13)16-15-6/h1-4H,5H2. The molecule has 0 radical (unpaired) electrons. The first-order chi connectivity index (χ1) is 9.47. The highest BCUT2D eigenvalue weighted by Crippen LogP contribution is 2.32. The van der Waals surface area contributed by atoms with Crippen molar-refractivity contribution in [1.82, 2.24) is 10.2 Å². The fourth-order valence-electron chi connectivity index (χ4n) is 1.35. The minimum Gasteiger partial charge on any atom is -0.480 e. The molecule has 0 saturated heterocycles. The fourth-order valence-corrected chi connectivity index (χ4v) is 1.78. The highest BCUT2D eigenvalue weighted by molar-refractivity contribution is 9.10. The Bertz CT molecular complexity index is 654. The summed E-state index contributed by atoms with van der Waals surface area (Å²) < 4.78 is 18.6. The van der Waals surface area contributed by atoms with Crippen LogP contribution in [0.1, 0.15) is 5.69 Å². The first-order valence-electron chi connectivity index (χ1n) is 5.21. The lowest BCUT2D eigenvalue weighted by atomic mass is 10.3. The number of rotatable bonds is 4. The molecule has 9 heteroatoms. The second-order valence-electron chi connectivity index (χ2n) is 3.63. The van der Waals surface area contributed by atoms with Gasteiger partial charge in [0.15, 0.2) is 5.15 Å². The molecule has 0 saturated carbocycles. The van der Waals surface area contributed by atoms with Crippen LogP contribution in [0.25, 0.3) is 0 Å². The number of benzene rings is 1. The zero-order chi connectivity index (χ0) is 14.7.